The summed E-state index contributed by atoms with van der Waals surface area (Å²) in [6, 6.07) is 6.86. The molecular weight excluding hydrogens is 335 g/mol. The van der Waals surface area contributed by atoms with Crippen molar-refractivity contribution in [1.82, 2.24) is 0 Å². The van der Waals surface area contributed by atoms with E-state index in [1.165, 1.54) is 0 Å². The minimum absolute atomic E-state index is 0.0987. The molecule has 23 heavy (non-hydrogen) atoms. The van der Waals surface area contributed by atoms with Gasteiger partial charge in [-0.3, -0.25) is 0 Å². The van der Waals surface area contributed by atoms with Gasteiger partial charge in [0.05, 0.1) is 0 Å². The van der Waals surface area contributed by atoms with Crippen LogP contribution in [0, 0.1) is 6.92 Å². The lowest BCUT2D eigenvalue weighted by molar-refractivity contribution is 0.0692. The van der Waals surface area contributed by atoms with Crippen molar-refractivity contribution in [3.05, 3.63) is 51.0 Å². The predicted molar refractivity (Wildman–Crippen MR) is 94.0 cm³/mol. The molecule has 0 aromatic heterocycles. The molecule has 0 bridgehead atoms. The number of phenols is 1. The Kier molecular flexibility index (Phi) is 4.65. The summed E-state index contributed by atoms with van der Waals surface area (Å²) in [4.78, 5) is 11.6. The molecule has 0 aliphatic carbocycles. The number of carbonyl (C=O) groups is 1. The molecule has 3 nitrogen and oxygen atoms in total. The number of carboxylic acids is 1. The largest absolute Gasteiger partial charge is 0.507 e. The fourth-order valence-electron chi connectivity index (χ4n) is 2.59. The summed E-state index contributed by atoms with van der Waals surface area (Å²) < 4.78 is 0. The maximum Gasteiger partial charge on any atom is 0.339 e. The molecule has 0 heterocycles. The van der Waals surface area contributed by atoms with Gasteiger partial charge in [-0.25, -0.2) is 4.79 Å². The molecular formula is C18H18Cl2O3. The van der Waals surface area contributed by atoms with Gasteiger partial charge in [-0.05, 0) is 41.7 Å². The Morgan fingerprint density at radius 1 is 1.09 bits per heavy atom. The summed E-state index contributed by atoms with van der Waals surface area (Å²) in [6.07, 6.45) is 0. The van der Waals surface area contributed by atoms with Crippen LogP contribution < -0.4 is 0 Å². The number of hydrogen-bond acceptors (Lipinski definition) is 2. The van der Waals surface area contributed by atoms with Crippen LogP contribution in [-0.2, 0) is 5.41 Å². The Bertz CT molecular complexity index is 790. The van der Waals surface area contributed by atoms with E-state index in [2.05, 4.69) is 0 Å². The van der Waals surface area contributed by atoms with Crippen molar-refractivity contribution >= 4 is 29.2 Å². The monoisotopic (exact) mass is 352 g/mol. The van der Waals surface area contributed by atoms with Crippen molar-refractivity contribution in [1.29, 1.82) is 0 Å². The Hall–Kier alpha value is -1.71. The predicted octanol–water partition coefficient (Wildman–Crippen LogP) is 5.67. The van der Waals surface area contributed by atoms with E-state index in [1.54, 1.807) is 31.2 Å². The van der Waals surface area contributed by atoms with Gasteiger partial charge in [-0.1, -0.05) is 50.0 Å². The Labute approximate surface area is 145 Å². The minimum atomic E-state index is -1.17. The zero-order valence-corrected chi connectivity index (χ0v) is 14.9. The Balaban J connectivity index is 2.88. The number of rotatable bonds is 2. The van der Waals surface area contributed by atoms with Crippen LogP contribution in [0.4, 0.5) is 0 Å². The summed E-state index contributed by atoms with van der Waals surface area (Å²) in [6.45, 7) is 7.40. The lowest BCUT2D eigenvalue weighted by atomic mass is 9.81. The van der Waals surface area contributed by atoms with Crippen LogP contribution in [-0.4, -0.2) is 16.2 Å². The Morgan fingerprint density at radius 2 is 1.70 bits per heavy atom. The number of aromatic carboxylic acids is 1. The van der Waals surface area contributed by atoms with Gasteiger partial charge < -0.3 is 10.2 Å². The van der Waals surface area contributed by atoms with Gasteiger partial charge in [0.1, 0.15) is 11.3 Å². The molecule has 0 radical (unpaired) electrons. The van der Waals surface area contributed by atoms with E-state index in [0.717, 1.165) is 0 Å². The zero-order valence-electron chi connectivity index (χ0n) is 13.4. The van der Waals surface area contributed by atoms with Crippen molar-refractivity contribution < 1.29 is 15.0 Å². The van der Waals surface area contributed by atoms with Crippen molar-refractivity contribution in [2.75, 3.05) is 0 Å². The summed E-state index contributed by atoms with van der Waals surface area (Å²) in [5.74, 6) is -1.37. The van der Waals surface area contributed by atoms with E-state index in [9.17, 15) is 15.0 Å². The molecule has 2 aromatic carbocycles. The Morgan fingerprint density at radius 3 is 2.17 bits per heavy atom. The third-order valence-corrected chi connectivity index (χ3v) is 4.35. The lowest BCUT2D eigenvalue weighted by Crippen LogP contribution is -2.15. The first-order valence-corrected chi connectivity index (χ1v) is 7.85. The SMILES string of the molecule is Cc1c(-c2ccc(Cl)cc2Cl)cc(C(C)(C)C)c(O)c1C(=O)O. The van der Waals surface area contributed by atoms with Crippen molar-refractivity contribution in [2.45, 2.75) is 33.1 Å². The molecule has 0 saturated heterocycles. The van der Waals surface area contributed by atoms with Crippen molar-refractivity contribution in [3.8, 4) is 16.9 Å². The summed E-state index contributed by atoms with van der Waals surface area (Å²) in [5.41, 5.74) is 1.86. The molecule has 0 fully saturated rings. The van der Waals surface area contributed by atoms with E-state index in [1.807, 2.05) is 20.8 Å². The highest BCUT2D eigenvalue weighted by Gasteiger charge is 2.27. The van der Waals surface area contributed by atoms with E-state index in [0.29, 0.717) is 32.3 Å². The second kappa shape index (κ2) is 6.06. The molecule has 5 heteroatoms. The van der Waals surface area contributed by atoms with Gasteiger partial charge in [-0.2, -0.15) is 0 Å². The highest BCUT2D eigenvalue weighted by atomic mass is 35.5. The van der Waals surface area contributed by atoms with Gasteiger partial charge in [-0.15, -0.1) is 0 Å². The van der Waals surface area contributed by atoms with Crippen molar-refractivity contribution in [3.63, 3.8) is 0 Å². The number of aromatic hydroxyl groups is 1. The molecule has 0 amide bonds. The van der Waals surface area contributed by atoms with Gasteiger partial charge in [0, 0.05) is 21.2 Å². The van der Waals surface area contributed by atoms with Crippen LogP contribution in [0.1, 0.15) is 42.3 Å². The third-order valence-electron chi connectivity index (χ3n) is 3.80. The van der Waals surface area contributed by atoms with Gasteiger partial charge in [0.25, 0.3) is 0 Å². The van der Waals surface area contributed by atoms with Crippen LogP contribution in [0.2, 0.25) is 10.0 Å². The number of hydrogen-bond donors (Lipinski definition) is 2. The molecule has 2 N–H and O–H groups in total. The average molecular weight is 353 g/mol. The van der Waals surface area contributed by atoms with Crippen LogP contribution in [0.3, 0.4) is 0 Å². The molecule has 0 aliphatic heterocycles. The van der Waals surface area contributed by atoms with Crippen LogP contribution >= 0.6 is 23.2 Å². The first kappa shape index (κ1) is 17.6. The molecule has 2 aromatic rings. The quantitative estimate of drug-likeness (QED) is 0.731. The fraction of sp³-hybridized carbons (Fsp3) is 0.278. The number of halogens is 2. The van der Waals surface area contributed by atoms with E-state index in [4.69, 9.17) is 23.2 Å². The van der Waals surface area contributed by atoms with Crippen LogP contribution in [0.25, 0.3) is 11.1 Å². The fourth-order valence-corrected chi connectivity index (χ4v) is 3.10. The van der Waals surface area contributed by atoms with Gasteiger partial charge in [0.15, 0.2) is 0 Å². The number of carboxylic acid groups (broad SMARTS) is 1. The smallest absolute Gasteiger partial charge is 0.339 e. The van der Waals surface area contributed by atoms with E-state index >= 15 is 0 Å². The maximum atomic E-state index is 11.6. The minimum Gasteiger partial charge on any atom is -0.507 e. The highest BCUT2D eigenvalue weighted by molar-refractivity contribution is 6.36. The summed E-state index contributed by atoms with van der Waals surface area (Å²) >= 11 is 12.2. The summed E-state index contributed by atoms with van der Waals surface area (Å²) in [7, 11) is 0. The van der Waals surface area contributed by atoms with Crippen LogP contribution in [0.15, 0.2) is 24.3 Å². The molecule has 0 unspecified atom stereocenters. The first-order chi connectivity index (χ1) is 10.5. The molecule has 122 valence electrons. The molecule has 2 rings (SSSR count). The van der Waals surface area contributed by atoms with E-state index in [-0.39, 0.29) is 11.3 Å². The lowest BCUT2D eigenvalue weighted by Gasteiger charge is -2.24. The second-order valence-electron chi connectivity index (χ2n) is 6.50. The molecule has 0 spiro atoms. The van der Waals surface area contributed by atoms with Gasteiger partial charge >= 0.3 is 5.97 Å². The standard InChI is InChI=1S/C18H18Cl2O3/c1-9-12(11-6-5-10(19)7-14(11)20)8-13(18(2,3)4)16(21)15(9)17(22)23/h5-8,21H,1-4H3,(H,22,23). The molecule has 0 atom stereocenters. The average Bonchev–Trinajstić information content (AvgIpc) is 2.38. The zero-order chi connectivity index (χ0) is 17.5. The summed E-state index contributed by atoms with van der Waals surface area (Å²) in [5, 5.41) is 20.9. The molecule has 0 aliphatic rings. The normalized spacial score (nSPS) is 11.6. The number of benzene rings is 2. The topological polar surface area (TPSA) is 57.5 Å². The molecule has 0 saturated carbocycles. The highest BCUT2D eigenvalue weighted by Crippen LogP contribution is 2.42. The third kappa shape index (κ3) is 3.31. The van der Waals surface area contributed by atoms with Gasteiger partial charge in [0.2, 0.25) is 0 Å². The maximum absolute atomic E-state index is 11.6. The second-order valence-corrected chi connectivity index (χ2v) is 7.34. The van der Waals surface area contributed by atoms with Crippen molar-refractivity contribution in [2.24, 2.45) is 0 Å². The first-order valence-electron chi connectivity index (χ1n) is 7.09. The van der Waals surface area contributed by atoms with Crippen LogP contribution in [0.5, 0.6) is 5.75 Å². The van der Waals surface area contributed by atoms with E-state index < -0.39 is 11.4 Å².